The van der Waals surface area contributed by atoms with E-state index in [4.69, 9.17) is 11.6 Å². The number of carbonyl (C=O) groups is 1. The van der Waals surface area contributed by atoms with Crippen molar-refractivity contribution < 1.29 is 9.90 Å². The van der Waals surface area contributed by atoms with Crippen LogP contribution in [0.1, 0.15) is 24.8 Å². The molecule has 4 heteroatoms. The Bertz CT molecular complexity index is 491. The highest BCUT2D eigenvalue weighted by molar-refractivity contribution is 6.30. The molecule has 0 bridgehead atoms. The van der Waals surface area contributed by atoms with E-state index in [1.54, 1.807) is 0 Å². The largest absolute Gasteiger partial charge is 0.480 e. The van der Waals surface area contributed by atoms with Crippen LogP contribution in [-0.2, 0) is 11.3 Å². The van der Waals surface area contributed by atoms with Crippen molar-refractivity contribution in [3.8, 4) is 0 Å². The average Bonchev–Trinajstić information content (AvgIpc) is 2.88. The Kier molecular flexibility index (Phi) is 3.50. The molecule has 1 aliphatic carbocycles. The number of likely N-dealkylation sites (tertiary alicyclic amines) is 1. The minimum Gasteiger partial charge on any atom is -0.480 e. The zero-order valence-corrected chi connectivity index (χ0v) is 11.5. The number of carboxylic acids is 1. The summed E-state index contributed by atoms with van der Waals surface area (Å²) >= 11 is 5.99. The fourth-order valence-electron chi connectivity index (χ4n) is 3.77. The quantitative estimate of drug-likeness (QED) is 0.925. The molecular formula is C15H18ClNO2. The zero-order valence-electron chi connectivity index (χ0n) is 10.8. The van der Waals surface area contributed by atoms with Gasteiger partial charge in [-0.1, -0.05) is 30.2 Å². The number of rotatable bonds is 3. The van der Waals surface area contributed by atoms with E-state index in [2.05, 4.69) is 4.90 Å². The first kappa shape index (κ1) is 12.9. The monoisotopic (exact) mass is 279 g/mol. The zero-order chi connectivity index (χ0) is 13.4. The summed E-state index contributed by atoms with van der Waals surface area (Å²) in [5.41, 5.74) is 1.10. The van der Waals surface area contributed by atoms with Crippen LogP contribution in [0.2, 0.25) is 5.02 Å². The molecule has 2 fully saturated rings. The fourth-order valence-corrected chi connectivity index (χ4v) is 3.98. The molecule has 3 rings (SSSR count). The lowest BCUT2D eigenvalue weighted by Crippen LogP contribution is -2.39. The fraction of sp³-hybridized carbons (Fsp3) is 0.533. The van der Waals surface area contributed by atoms with Gasteiger partial charge in [0.1, 0.15) is 6.04 Å². The normalized spacial score (nSPS) is 30.5. The number of aliphatic carboxylic acids is 1. The summed E-state index contributed by atoms with van der Waals surface area (Å²) in [6.45, 7) is 1.60. The van der Waals surface area contributed by atoms with Gasteiger partial charge in [-0.3, -0.25) is 9.69 Å². The van der Waals surface area contributed by atoms with E-state index in [0.29, 0.717) is 23.4 Å². The minimum atomic E-state index is -0.670. The van der Waals surface area contributed by atoms with Gasteiger partial charge in [0.05, 0.1) is 0 Å². The number of nitrogens with zero attached hydrogens (tertiary/aromatic N) is 1. The molecule has 1 saturated heterocycles. The Hall–Kier alpha value is -1.06. The molecule has 2 aliphatic rings. The molecule has 0 spiro atoms. The average molecular weight is 280 g/mol. The smallest absolute Gasteiger partial charge is 0.321 e. The SMILES string of the molecule is O=C(O)C1C2CCCC2CN1Cc1cccc(Cl)c1. The first-order valence-corrected chi connectivity index (χ1v) is 7.24. The minimum absolute atomic E-state index is 0.313. The predicted molar refractivity (Wildman–Crippen MR) is 74.1 cm³/mol. The van der Waals surface area contributed by atoms with Crippen LogP contribution in [0.4, 0.5) is 0 Å². The van der Waals surface area contributed by atoms with Gasteiger partial charge in [0.2, 0.25) is 0 Å². The van der Waals surface area contributed by atoms with Crippen molar-refractivity contribution in [2.45, 2.75) is 31.8 Å². The maximum Gasteiger partial charge on any atom is 0.321 e. The number of fused-ring (bicyclic) bond motifs is 1. The van der Waals surface area contributed by atoms with Gasteiger partial charge in [0.25, 0.3) is 0 Å². The first-order valence-electron chi connectivity index (χ1n) is 6.86. The molecule has 3 unspecified atom stereocenters. The van der Waals surface area contributed by atoms with Gasteiger partial charge in [-0.25, -0.2) is 0 Å². The van der Waals surface area contributed by atoms with E-state index in [9.17, 15) is 9.90 Å². The summed E-state index contributed by atoms with van der Waals surface area (Å²) in [6.07, 6.45) is 3.43. The third-order valence-corrected chi connectivity index (χ3v) is 4.75. The Morgan fingerprint density at radius 2 is 2.26 bits per heavy atom. The van der Waals surface area contributed by atoms with Crippen molar-refractivity contribution in [2.24, 2.45) is 11.8 Å². The van der Waals surface area contributed by atoms with Crippen molar-refractivity contribution in [2.75, 3.05) is 6.54 Å². The maximum absolute atomic E-state index is 11.5. The van der Waals surface area contributed by atoms with E-state index in [-0.39, 0.29) is 6.04 Å². The van der Waals surface area contributed by atoms with E-state index in [0.717, 1.165) is 18.5 Å². The third-order valence-electron chi connectivity index (χ3n) is 4.51. The summed E-state index contributed by atoms with van der Waals surface area (Å²) in [4.78, 5) is 13.7. The molecule has 19 heavy (non-hydrogen) atoms. The van der Waals surface area contributed by atoms with Crippen LogP contribution in [0.5, 0.6) is 0 Å². The first-order chi connectivity index (χ1) is 9.15. The van der Waals surface area contributed by atoms with E-state index >= 15 is 0 Å². The van der Waals surface area contributed by atoms with Crippen molar-refractivity contribution in [1.29, 1.82) is 0 Å². The van der Waals surface area contributed by atoms with Crippen molar-refractivity contribution in [3.05, 3.63) is 34.9 Å². The molecular weight excluding hydrogens is 262 g/mol. The Balaban J connectivity index is 1.78. The second kappa shape index (κ2) is 5.14. The molecule has 1 heterocycles. The van der Waals surface area contributed by atoms with Gasteiger partial charge >= 0.3 is 5.97 Å². The molecule has 0 amide bonds. The van der Waals surface area contributed by atoms with Gasteiger partial charge in [-0.15, -0.1) is 0 Å². The Morgan fingerprint density at radius 1 is 1.42 bits per heavy atom. The number of hydrogen-bond donors (Lipinski definition) is 1. The van der Waals surface area contributed by atoms with Crippen molar-refractivity contribution in [3.63, 3.8) is 0 Å². The highest BCUT2D eigenvalue weighted by atomic mass is 35.5. The lowest BCUT2D eigenvalue weighted by Gasteiger charge is -2.24. The topological polar surface area (TPSA) is 40.5 Å². The molecule has 0 aromatic heterocycles. The van der Waals surface area contributed by atoms with Crippen LogP contribution in [-0.4, -0.2) is 28.6 Å². The second-order valence-electron chi connectivity index (χ2n) is 5.70. The van der Waals surface area contributed by atoms with Crippen LogP contribution in [0.15, 0.2) is 24.3 Å². The molecule has 3 nitrogen and oxygen atoms in total. The number of halogens is 1. The van der Waals surface area contributed by atoms with Gasteiger partial charge < -0.3 is 5.11 Å². The number of hydrogen-bond acceptors (Lipinski definition) is 2. The highest BCUT2D eigenvalue weighted by Crippen LogP contribution is 2.42. The summed E-state index contributed by atoms with van der Waals surface area (Å²) in [7, 11) is 0. The highest BCUT2D eigenvalue weighted by Gasteiger charge is 2.47. The van der Waals surface area contributed by atoms with Gasteiger partial charge in [-0.2, -0.15) is 0 Å². The van der Waals surface area contributed by atoms with Crippen LogP contribution in [0.25, 0.3) is 0 Å². The molecule has 1 N–H and O–H groups in total. The van der Waals surface area contributed by atoms with Gasteiger partial charge in [-0.05, 0) is 42.4 Å². The van der Waals surface area contributed by atoms with E-state index in [1.165, 1.54) is 12.8 Å². The van der Waals surface area contributed by atoms with Crippen LogP contribution in [0.3, 0.4) is 0 Å². The van der Waals surface area contributed by atoms with E-state index in [1.807, 2.05) is 24.3 Å². The Labute approximate surface area is 118 Å². The van der Waals surface area contributed by atoms with Crippen LogP contribution in [0, 0.1) is 11.8 Å². The molecule has 3 atom stereocenters. The van der Waals surface area contributed by atoms with Crippen LogP contribution < -0.4 is 0 Å². The summed E-state index contributed by atoms with van der Waals surface area (Å²) in [5, 5.41) is 10.2. The van der Waals surface area contributed by atoms with E-state index < -0.39 is 5.97 Å². The van der Waals surface area contributed by atoms with Crippen molar-refractivity contribution >= 4 is 17.6 Å². The molecule has 1 saturated carbocycles. The number of carboxylic acid groups (broad SMARTS) is 1. The molecule has 0 radical (unpaired) electrons. The third kappa shape index (κ3) is 2.49. The summed E-state index contributed by atoms with van der Waals surface area (Å²) < 4.78 is 0. The molecule has 1 aromatic rings. The summed E-state index contributed by atoms with van der Waals surface area (Å²) in [6, 6.07) is 7.39. The van der Waals surface area contributed by atoms with Gasteiger partial charge in [0, 0.05) is 18.1 Å². The lowest BCUT2D eigenvalue weighted by atomic mass is 9.94. The second-order valence-corrected chi connectivity index (χ2v) is 6.13. The predicted octanol–water partition coefficient (Wildman–Crippen LogP) is 3.03. The van der Waals surface area contributed by atoms with Crippen LogP contribution >= 0.6 is 11.6 Å². The molecule has 1 aliphatic heterocycles. The maximum atomic E-state index is 11.5. The van der Waals surface area contributed by atoms with Gasteiger partial charge in [0.15, 0.2) is 0 Å². The van der Waals surface area contributed by atoms with Crippen molar-refractivity contribution in [1.82, 2.24) is 4.90 Å². The summed E-state index contributed by atoms with van der Waals surface area (Å²) in [5.74, 6) is 0.244. The lowest BCUT2D eigenvalue weighted by molar-refractivity contribution is -0.143. The molecule has 102 valence electrons. The standard InChI is InChI=1S/C15H18ClNO2/c16-12-5-1-3-10(7-12)8-17-9-11-4-2-6-13(11)14(17)15(18)19/h1,3,5,7,11,13-14H,2,4,6,8-9H2,(H,18,19). The Morgan fingerprint density at radius 3 is 3.00 bits per heavy atom. The number of benzene rings is 1. The molecule has 1 aromatic carbocycles.